The monoisotopic (exact) mass is 452 g/mol. The molecular weight excluding hydrogens is 420 g/mol. The summed E-state index contributed by atoms with van der Waals surface area (Å²) in [6.45, 7) is 5.41. The summed E-state index contributed by atoms with van der Waals surface area (Å²) < 4.78 is 0. The molecule has 1 unspecified atom stereocenters. The number of carbonyl (C=O) groups is 4. The van der Waals surface area contributed by atoms with Crippen molar-refractivity contribution in [2.45, 2.75) is 33.6 Å². The van der Waals surface area contributed by atoms with E-state index in [1.807, 2.05) is 45.0 Å². The summed E-state index contributed by atoms with van der Waals surface area (Å²) in [5.74, 6) is -1.68. The molecule has 0 aromatic heterocycles. The number of hydrogen-bond donors (Lipinski definition) is 4. The van der Waals surface area contributed by atoms with Crippen LogP contribution in [0.3, 0.4) is 0 Å². The highest BCUT2D eigenvalue weighted by Gasteiger charge is 2.23. The van der Waals surface area contributed by atoms with Gasteiger partial charge in [0, 0.05) is 23.7 Å². The standard InChI is InChI=1S/C25H32N4O4/c1-17(2)21(25(33)27-16-24(32)29-20-11-7-8-18(3)14-20)12-13-22(30)26-15-23(31)28-19-9-5-4-6-10-19/h4-11,14,17,21H,12-13,15-16H2,1-3H3,(H,26,30)(H,27,33)(H,28,31)(H,29,32). The summed E-state index contributed by atoms with van der Waals surface area (Å²) in [6, 6.07) is 16.4. The zero-order chi connectivity index (χ0) is 24.2. The van der Waals surface area contributed by atoms with Gasteiger partial charge in [-0.15, -0.1) is 0 Å². The van der Waals surface area contributed by atoms with E-state index in [9.17, 15) is 19.2 Å². The number of rotatable bonds is 11. The van der Waals surface area contributed by atoms with Crippen molar-refractivity contribution in [3.8, 4) is 0 Å². The molecule has 8 heteroatoms. The van der Waals surface area contributed by atoms with E-state index in [4.69, 9.17) is 0 Å². The van der Waals surface area contributed by atoms with Gasteiger partial charge in [-0.05, 0) is 49.1 Å². The van der Waals surface area contributed by atoms with Gasteiger partial charge in [0.2, 0.25) is 23.6 Å². The van der Waals surface area contributed by atoms with Crippen molar-refractivity contribution in [2.24, 2.45) is 11.8 Å². The van der Waals surface area contributed by atoms with Crippen molar-refractivity contribution < 1.29 is 19.2 Å². The highest BCUT2D eigenvalue weighted by molar-refractivity contribution is 5.95. The molecule has 1 atom stereocenters. The molecule has 2 aromatic rings. The van der Waals surface area contributed by atoms with Gasteiger partial charge in [-0.25, -0.2) is 0 Å². The van der Waals surface area contributed by atoms with Crippen LogP contribution in [0, 0.1) is 18.8 Å². The van der Waals surface area contributed by atoms with Crippen LogP contribution >= 0.6 is 0 Å². The zero-order valence-corrected chi connectivity index (χ0v) is 19.3. The van der Waals surface area contributed by atoms with E-state index in [1.165, 1.54) is 0 Å². The third kappa shape index (κ3) is 9.55. The lowest BCUT2D eigenvalue weighted by Gasteiger charge is -2.20. The normalized spacial score (nSPS) is 11.4. The van der Waals surface area contributed by atoms with Gasteiger partial charge in [-0.1, -0.05) is 44.2 Å². The molecule has 0 saturated carbocycles. The number of benzene rings is 2. The second kappa shape index (κ2) is 13.0. The van der Waals surface area contributed by atoms with E-state index in [2.05, 4.69) is 21.3 Å². The lowest BCUT2D eigenvalue weighted by Crippen LogP contribution is -2.39. The maximum absolute atomic E-state index is 12.6. The van der Waals surface area contributed by atoms with E-state index < -0.39 is 5.92 Å². The van der Waals surface area contributed by atoms with Gasteiger partial charge in [-0.3, -0.25) is 19.2 Å². The first-order chi connectivity index (χ1) is 15.7. The molecule has 0 bridgehead atoms. The molecule has 0 fully saturated rings. The van der Waals surface area contributed by atoms with Gasteiger partial charge < -0.3 is 21.3 Å². The Morgan fingerprint density at radius 2 is 1.36 bits per heavy atom. The number of carbonyl (C=O) groups excluding carboxylic acids is 4. The Bertz CT molecular complexity index is 960. The number of aryl methyl sites for hydroxylation is 1. The molecule has 176 valence electrons. The summed E-state index contributed by atoms with van der Waals surface area (Å²) in [7, 11) is 0. The predicted molar refractivity (Wildman–Crippen MR) is 128 cm³/mol. The Hall–Kier alpha value is -3.68. The van der Waals surface area contributed by atoms with Crippen LogP contribution in [0.1, 0.15) is 32.3 Å². The van der Waals surface area contributed by atoms with Gasteiger partial charge in [0.05, 0.1) is 13.1 Å². The van der Waals surface area contributed by atoms with Crippen molar-refractivity contribution in [3.63, 3.8) is 0 Å². The third-order valence-electron chi connectivity index (χ3n) is 5.05. The second-order valence-electron chi connectivity index (χ2n) is 8.22. The van der Waals surface area contributed by atoms with E-state index in [-0.39, 0.29) is 49.1 Å². The fraction of sp³-hybridized carbons (Fsp3) is 0.360. The smallest absolute Gasteiger partial charge is 0.243 e. The van der Waals surface area contributed by atoms with Crippen molar-refractivity contribution in [1.82, 2.24) is 10.6 Å². The maximum atomic E-state index is 12.6. The third-order valence-corrected chi connectivity index (χ3v) is 5.05. The van der Waals surface area contributed by atoms with Crippen LogP contribution in [0.5, 0.6) is 0 Å². The Kier molecular flexibility index (Phi) is 10.1. The topological polar surface area (TPSA) is 116 Å². The lowest BCUT2D eigenvalue weighted by atomic mass is 9.90. The van der Waals surface area contributed by atoms with Gasteiger partial charge in [0.25, 0.3) is 0 Å². The van der Waals surface area contributed by atoms with Crippen LogP contribution in [-0.4, -0.2) is 36.7 Å². The average Bonchev–Trinajstić information content (AvgIpc) is 2.77. The van der Waals surface area contributed by atoms with Gasteiger partial charge >= 0.3 is 0 Å². The Balaban J connectivity index is 1.73. The van der Waals surface area contributed by atoms with Gasteiger partial charge in [0.15, 0.2) is 0 Å². The molecule has 8 nitrogen and oxygen atoms in total. The molecule has 0 spiro atoms. The van der Waals surface area contributed by atoms with Crippen LogP contribution in [0.15, 0.2) is 54.6 Å². The highest BCUT2D eigenvalue weighted by Crippen LogP contribution is 2.17. The Morgan fingerprint density at radius 1 is 0.758 bits per heavy atom. The molecule has 0 aliphatic heterocycles. The molecular formula is C25H32N4O4. The summed E-state index contributed by atoms with van der Waals surface area (Å²) in [4.78, 5) is 48.8. The largest absolute Gasteiger partial charge is 0.347 e. The van der Waals surface area contributed by atoms with Crippen molar-refractivity contribution in [2.75, 3.05) is 23.7 Å². The minimum atomic E-state index is -0.430. The molecule has 33 heavy (non-hydrogen) atoms. The fourth-order valence-corrected chi connectivity index (χ4v) is 3.27. The zero-order valence-electron chi connectivity index (χ0n) is 19.3. The summed E-state index contributed by atoms with van der Waals surface area (Å²) in [6.07, 6.45) is 0.416. The molecule has 0 radical (unpaired) electrons. The highest BCUT2D eigenvalue weighted by atomic mass is 16.2. The Labute approximate surface area is 194 Å². The number of nitrogens with one attached hydrogen (secondary N) is 4. The molecule has 2 rings (SSSR count). The molecule has 4 amide bonds. The summed E-state index contributed by atoms with van der Waals surface area (Å²) >= 11 is 0. The molecule has 0 aliphatic carbocycles. The van der Waals surface area contributed by atoms with Crippen molar-refractivity contribution in [1.29, 1.82) is 0 Å². The molecule has 0 saturated heterocycles. The van der Waals surface area contributed by atoms with Crippen LogP contribution < -0.4 is 21.3 Å². The minimum absolute atomic E-state index is 0.0148. The minimum Gasteiger partial charge on any atom is -0.347 e. The average molecular weight is 453 g/mol. The maximum Gasteiger partial charge on any atom is 0.243 e. The van der Waals surface area contributed by atoms with E-state index in [0.717, 1.165) is 5.56 Å². The predicted octanol–water partition coefficient (Wildman–Crippen LogP) is 2.86. The van der Waals surface area contributed by atoms with Crippen molar-refractivity contribution in [3.05, 3.63) is 60.2 Å². The van der Waals surface area contributed by atoms with E-state index >= 15 is 0 Å². The fourth-order valence-electron chi connectivity index (χ4n) is 3.27. The van der Waals surface area contributed by atoms with Crippen LogP contribution in [0.2, 0.25) is 0 Å². The first kappa shape index (κ1) is 25.6. The van der Waals surface area contributed by atoms with Crippen LogP contribution in [0.25, 0.3) is 0 Å². The van der Waals surface area contributed by atoms with E-state index in [1.54, 1.807) is 30.3 Å². The molecule has 0 aliphatic rings. The van der Waals surface area contributed by atoms with Crippen molar-refractivity contribution >= 4 is 35.0 Å². The van der Waals surface area contributed by atoms with Crippen LogP contribution in [-0.2, 0) is 19.2 Å². The lowest BCUT2D eigenvalue weighted by molar-refractivity contribution is -0.129. The molecule has 2 aromatic carbocycles. The number of para-hydroxylation sites is 1. The van der Waals surface area contributed by atoms with Gasteiger partial charge in [-0.2, -0.15) is 0 Å². The van der Waals surface area contributed by atoms with Crippen LogP contribution in [0.4, 0.5) is 11.4 Å². The SMILES string of the molecule is Cc1cccc(NC(=O)CNC(=O)C(CCC(=O)NCC(=O)Nc2ccccc2)C(C)C)c1. The number of amides is 4. The first-order valence-corrected chi connectivity index (χ1v) is 11.0. The molecule has 0 heterocycles. The van der Waals surface area contributed by atoms with E-state index in [0.29, 0.717) is 17.8 Å². The second-order valence-corrected chi connectivity index (χ2v) is 8.22. The summed E-state index contributed by atoms with van der Waals surface area (Å²) in [5, 5.41) is 10.7. The number of anilines is 2. The summed E-state index contributed by atoms with van der Waals surface area (Å²) in [5.41, 5.74) is 2.34. The quantitative estimate of drug-likeness (QED) is 0.419. The van der Waals surface area contributed by atoms with Gasteiger partial charge in [0.1, 0.15) is 0 Å². The first-order valence-electron chi connectivity index (χ1n) is 11.0. The number of hydrogen-bond acceptors (Lipinski definition) is 4. The molecule has 4 N–H and O–H groups in total. The Morgan fingerprint density at radius 3 is 2.00 bits per heavy atom.